The van der Waals surface area contributed by atoms with Crippen LogP contribution in [0.25, 0.3) is 6.08 Å². The Morgan fingerprint density at radius 1 is 1.07 bits per heavy atom. The molecule has 0 saturated heterocycles. The topological polar surface area (TPSA) is 76.4 Å². The summed E-state index contributed by atoms with van der Waals surface area (Å²) in [4.78, 5) is -0.299. The molecule has 0 saturated carbocycles. The molecule has 3 aromatic carbocycles. The highest BCUT2D eigenvalue weighted by molar-refractivity contribution is 9.10. The second-order valence-electron chi connectivity index (χ2n) is 6.25. The lowest BCUT2D eigenvalue weighted by Crippen LogP contribution is -2.03. The zero-order chi connectivity index (χ0) is 21.6. The summed E-state index contributed by atoms with van der Waals surface area (Å²) in [5, 5.41) is 9.48. The van der Waals surface area contributed by atoms with E-state index in [1.807, 2.05) is 30.3 Å². The SMILES string of the molecule is COc1cc(/C=C(\C#N)S(=O)(=O)c2ccccc2)cc(Br)c1OCc1ccccc1. The first-order valence-corrected chi connectivity index (χ1v) is 11.2. The molecule has 3 rings (SSSR count). The molecule has 152 valence electrons. The van der Waals surface area contributed by atoms with Gasteiger partial charge in [-0.2, -0.15) is 5.26 Å². The lowest BCUT2D eigenvalue weighted by Gasteiger charge is -2.14. The minimum Gasteiger partial charge on any atom is -0.493 e. The molecule has 0 unspecified atom stereocenters. The van der Waals surface area contributed by atoms with Crippen LogP contribution in [0, 0.1) is 11.3 Å². The van der Waals surface area contributed by atoms with Crippen LogP contribution in [-0.4, -0.2) is 15.5 Å². The third-order valence-electron chi connectivity index (χ3n) is 4.23. The maximum Gasteiger partial charge on any atom is 0.216 e. The second-order valence-corrected chi connectivity index (χ2v) is 9.02. The van der Waals surface area contributed by atoms with Gasteiger partial charge in [0.15, 0.2) is 11.5 Å². The summed E-state index contributed by atoms with van der Waals surface area (Å²) >= 11 is 3.45. The van der Waals surface area contributed by atoms with Crippen LogP contribution >= 0.6 is 15.9 Å². The average Bonchev–Trinajstić information content (AvgIpc) is 2.77. The fraction of sp³-hybridized carbons (Fsp3) is 0.0870. The van der Waals surface area contributed by atoms with Crippen LogP contribution in [0.4, 0.5) is 0 Å². The predicted octanol–water partition coefficient (Wildman–Crippen LogP) is 5.38. The van der Waals surface area contributed by atoms with E-state index in [1.54, 1.807) is 36.4 Å². The highest BCUT2D eigenvalue weighted by Crippen LogP contribution is 2.38. The largest absolute Gasteiger partial charge is 0.493 e. The quantitative estimate of drug-likeness (QED) is 0.421. The van der Waals surface area contributed by atoms with E-state index in [0.29, 0.717) is 28.1 Å². The van der Waals surface area contributed by atoms with E-state index in [9.17, 15) is 13.7 Å². The standard InChI is InChI=1S/C23H18BrNO4S/c1-28-22-14-18(12-20(15-25)30(26,27)19-10-6-3-7-11-19)13-21(24)23(22)29-16-17-8-4-2-5-9-17/h2-14H,16H2,1H3/b20-12+. The van der Waals surface area contributed by atoms with Gasteiger partial charge < -0.3 is 9.47 Å². The fourth-order valence-corrected chi connectivity index (χ4v) is 4.50. The van der Waals surface area contributed by atoms with Crippen molar-refractivity contribution in [3.63, 3.8) is 0 Å². The average molecular weight is 484 g/mol. The third-order valence-corrected chi connectivity index (χ3v) is 6.50. The molecule has 0 N–H and O–H groups in total. The fourth-order valence-electron chi connectivity index (χ4n) is 2.74. The Labute approximate surface area is 184 Å². The number of hydrogen-bond donors (Lipinski definition) is 0. The molecule has 30 heavy (non-hydrogen) atoms. The van der Waals surface area contributed by atoms with Crippen molar-refractivity contribution >= 4 is 31.8 Å². The van der Waals surface area contributed by atoms with Gasteiger partial charge in [-0.25, -0.2) is 8.42 Å². The van der Waals surface area contributed by atoms with Gasteiger partial charge in [0, 0.05) is 0 Å². The van der Waals surface area contributed by atoms with Crippen LogP contribution in [0.5, 0.6) is 11.5 Å². The molecule has 3 aromatic rings. The molecule has 7 heteroatoms. The van der Waals surface area contributed by atoms with Crippen molar-refractivity contribution in [3.8, 4) is 17.6 Å². The van der Waals surface area contributed by atoms with E-state index in [0.717, 1.165) is 5.56 Å². The summed E-state index contributed by atoms with van der Waals surface area (Å²) in [7, 11) is -2.43. The van der Waals surface area contributed by atoms with E-state index in [4.69, 9.17) is 9.47 Å². The van der Waals surface area contributed by atoms with E-state index >= 15 is 0 Å². The van der Waals surface area contributed by atoms with E-state index < -0.39 is 9.84 Å². The molecular weight excluding hydrogens is 466 g/mol. The van der Waals surface area contributed by atoms with Gasteiger partial charge in [-0.3, -0.25) is 0 Å². The molecule has 5 nitrogen and oxygen atoms in total. The maximum atomic E-state index is 12.8. The summed E-state index contributed by atoms with van der Waals surface area (Å²) in [5.74, 6) is 0.906. The van der Waals surface area contributed by atoms with Crippen molar-refractivity contribution in [2.75, 3.05) is 7.11 Å². The Bertz CT molecular complexity index is 1200. The normalized spacial score (nSPS) is 11.6. The monoisotopic (exact) mass is 483 g/mol. The van der Waals surface area contributed by atoms with Gasteiger partial charge in [0.1, 0.15) is 17.6 Å². The molecule has 0 aliphatic rings. The maximum absolute atomic E-state index is 12.8. The number of allylic oxidation sites excluding steroid dienone is 1. The minimum atomic E-state index is -3.93. The zero-order valence-corrected chi connectivity index (χ0v) is 18.5. The van der Waals surface area contributed by atoms with Gasteiger partial charge in [-0.05, 0) is 57.4 Å². The van der Waals surface area contributed by atoms with Gasteiger partial charge >= 0.3 is 0 Å². The zero-order valence-electron chi connectivity index (χ0n) is 16.1. The molecule has 0 atom stereocenters. The molecule has 0 aromatic heterocycles. The number of methoxy groups -OCH3 is 1. The molecule has 0 bridgehead atoms. The van der Waals surface area contributed by atoms with Gasteiger partial charge in [-0.15, -0.1) is 0 Å². The Morgan fingerprint density at radius 3 is 2.30 bits per heavy atom. The van der Waals surface area contributed by atoms with Crippen LogP contribution in [0.2, 0.25) is 0 Å². The highest BCUT2D eigenvalue weighted by Gasteiger charge is 2.21. The van der Waals surface area contributed by atoms with Crippen molar-refractivity contribution in [2.45, 2.75) is 11.5 Å². The first-order valence-electron chi connectivity index (χ1n) is 8.92. The molecule has 0 heterocycles. The Hall–Kier alpha value is -3.08. The van der Waals surface area contributed by atoms with Crippen molar-refractivity contribution in [2.24, 2.45) is 0 Å². The summed E-state index contributed by atoms with van der Waals surface area (Å²) in [6.45, 7) is 0.344. The molecule has 0 aliphatic carbocycles. The number of ether oxygens (including phenoxy) is 2. The van der Waals surface area contributed by atoms with Crippen LogP contribution in [0.1, 0.15) is 11.1 Å². The van der Waals surface area contributed by atoms with Crippen LogP contribution in [0.15, 0.2) is 87.1 Å². The van der Waals surface area contributed by atoms with Gasteiger partial charge in [0.2, 0.25) is 9.84 Å². The molecule has 0 fully saturated rings. The molecule has 0 radical (unpaired) electrons. The van der Waals surface area contributed by atoms with E-state index in [2.05, 4.69) is 15.9 Å². The lowest BCUT2D eigenvalue weighted by atomic mass is 10.2. The predicted molar refractivity (Wildman–Crippen MR) is 119 cm³/mol. The van der Waals surface area contributed by atoms with Crippen molar-refractivity contribution in [3.05, 3.63) is 93.3 Å². The van der Waals surface area contributed by atoms with Gasteiger partial charge in [0.05, 0.1) is 16.5 Å². The smallest absolute Gasteiger partial charge is 0.216 e. The lowest BCUT2D eigenvalue weighted by molar-refractivity contribution is 0.282. The summed E-state index contributed by atoms with van der Waals surface area (Å²) in [5.41, 5.74) is 1.48. The Morgan fingerprint density at radius 2 is 1.70 bits per heavy atom. The van der Waals surface area contributed by atoms with Crippen LogP contribution in [0.3, 0.4) is 0 Å². The number of sulfone groups is 1. The third kappa shape index (κ3) is 4.90. The number of halogens is 1. The van der Waals surface area contributed by atoms with Crippen molar-refractivity contribution < 1.29 is 17.9 Å². The van der Waals surface area contributed by atoms with E-state index in [-0.39, 0.29) is 9.80 Å². The Balaban J connectivity index is 1.94. The number of nitriles is 1. The van der Waals surface area contributed by atoms with Crippen LogP contribution in [-0.2, 0) is 16.4 Å². The number of hydrogen-bond acceptors (Lipinski definition) is 5. The molecule has 0 amide bonds. The number of benzene rings is 3. The van der Waals surface area contributed by atoms with E-state index in [1.165, 1.54) is 25.3 Å². The summed E-state index contributed by atoms with van der Waals surface area (Å²) in [6, 6.07) is 22.6. The van der Waals surface area contributed by atoms with Gasteiger partial charge in [-0.1, -0.05) is 48.5 Å². The molecular formula is C23H18BrNO4S. The summed E-state index contributed by atoms with van der Waals surface area (Å²) in [6.07, 6.45) is 1.32. The summed E-state index contributed by atoms with van der Waals surface area (Å²) < 4.78 is 37.4. The first kappa shape index (κ1) is 21.6. The minimum absolute atomic E-state index is 0.0617. The highest BCUT2D eigenvalue weighted by atomic mass is 79.9. The second kappa shape index (κ2) is 9.61. The van der Waals surface area contributed by atoms with Gasteiger partial charge in [0.25, 0.3) is 0 Å². The Kier molecular flexibility index (Phi) is 6.93. The number of rotatable bonds is 7. The van der Waals surface area contributed by atoms with Crippen LogP contribution < -0.4 is 9.47 Å². The molecule has 0 aliphatic heterocycles. The molecule has 0 spiro atoms. The first-order chi connectivity index (χ1) is 14.5. The van der Waals surface area contributed by atoms with Crippen molar-refractivity contribution in [1.82, 2.24) is 0 Å². The van der Waals surface area contributed by atoms with Crippen molar-refractivity contribution in [1.29, 1.82) is 5.26 Å². The number of nitrogens with zero attached hydrogens (tertiary/aromatic N) is 1.